The van der Waals surface area contributed by atoms with Crippen molar-refractivity contribution in [3.05, 3.63) is 54.0 Å². The van der Waals surface area contributed by atoms with Crippen LogP contribution >= 0.6 is 0 Å². The van der Waals surface area contributed by atoms with Crippen LogP contribution in [0.5, 0.6) is 0 Å². The van der Waals surface area contributed by atoms with E-state index in [9.17, 15) is 4.79 Å². The van der Waals surface area contributed by atoms with Crippen molar-refractivity contribution < 1.29 is 4.79 Å². The second-order valence-electron chi connectivity index (χ2n) is 5.98. The van der Waals surface area contributed by atoms with E-state index >= 15 is 0 Å². The standard InChI is InChI=1S/C18H22N4O/c1-14-4-2-6-17(21-14)22-10-7-16(8-11-22)18(23)20-13-15-5-3-9-19-12-15/h2-6,9,12,16H,7-8,10-11,13H2,1H3,(H,20,23). The normalized spacial score (nSPS) is 15.4. The van der Waals surface area contributed by atoms with Gasteiger partial charge in [0.05, 0.1) is 0 Å². The van der Waals surface area contributed by atoms with E-state index in [2.05, 4.69) is 20.2 Å². The molecule has 0 saturated carbocycles. The number of pyridine rings is 2. The van der Waals surface area contributed by atoms with Crippen LogP contribution in [0.1, 0.15) is 24.1 Å². The molecule has 1 aliphatic heterocycles. The Morgan fingerprint density at radius 3 is 2.78 bits per heavy atom. The summed E-state index contributed by atoms with van der Waals surface area (Å²) < 4.78 is 0. The van der Waals surface area contributed by atoms with Crippen LogP contribution < -0.4 is 10.2 Å². The average Bonchev–Trinajstić information content (AvgIpc) is 2.61. The Hall–Kier alpha value is -2.43. The van der Waals surface area contributed by atoms with Gasteiger partial charge in [0.1, 0.15) is 5.82 Å². The van der Waals surface area contributed by atoms with Crippen LogP contribution in [0, 0.1) is 12.8 Å². The topological polar surface area (TPSA) is 58.1 Å². The largest absolute Gasteiger partial charge is 0.357 e. The zero-order valence-electron chi connectivity index (χ0n) is 13.4. The van der Waals surface area contributed by atoms with Crippen LogP contribution in [0.15, 0.2) is 42.7 Å². The number of aromatic nitrogens is 2. The molecule has 0 unspecified atom stereocenters. The minimum Gasteiger partial charge on any atom is -0.357 e. The number of hydrogen-bond donors (Lipinski definition) is 1. The third-order valence-electron chi connectivity index (χ3n) is 4.25. The minimum absolute atomic E-state index is 0.0905. The third-order valence-corrected chi connectivity index (χ3v) is 4.25. The summed E-state index contributed by atoms with van der Waals surface area (Å²) >= 11 is 0. The molecule has 0 radical (unpaired) electrons. The van der Waals surface area contributed by atoms with E-state index in [1.807, 2.05) is 37.3 Å². The smallest absolute Gasteiger partial charge is 0.223 e. The molecule has 0 bridgehead atoms. The van der Waals surface area contributed by atoms with E-state index in [1.165, 1.54) is 0 Å². The van der Waals surface area contributed by atoms with Crippen LogP contribution in [0.25, 0.3) is 0 Å². The van der Waals surface area contributed by atoms with Gasteiger partial charge in [-0.3, -0.25) is 9.78 Å². The van der Waals surface area contributed by atoms with Crippen LogP contribution in [-0.2, 0) is 11.3 Å². The average molecular weight is 310 g/mol. The number of anilines is 1. The summed E-state index contributed by atoms with van der Waals surface area (Å²) in [5.41, 5.74) is 2.06. The summed E-state index contributed by atoms with van der Waals surface area (Å²) in [6, 6.07) is 9.93. The predicted molar refractivity (Wildman–Crippen MR) is 90.0 cm³/mol. The van der Waals surface area contributed by atoms with Crippen molar-refractivity contribution in [3.8, 4) is 0 Å². The molecule has 2 aromatic heterocycles. The van der Waals surface area contributed by atoms with Crippen molar-refractivity contribution in [2.24, 2.45) is 5.92 Å². The molecular formula is C18H22N4O. The molecule has 0 atom stereocenters. The lowest BCUT2D eigenvalue weighted by atomic mass is 9.96. The van der Waals surface area contributed by atoms with Gasteiger partial charge in [-0.2, -0.15) is 0 Å². The Bertz CT molecular complexity index is 651. The zero-order valence-corrected chi connectivity index (χ0v) is 13.4. The first-order valence-electron chi connectivity index (χ1n) is 8.07. The molecule has 0 spiro atoms. The van der Waals surface area contributed by atoms with E-state index in [-0.39, 0.29) is 11.8 Å². The number of rotatable bonds is 4. The van der Waals surface area contributed by atoms with Crippen LogP contribution in [0.3, 0.4) is 0 Å². The number of amides is 1. The van der Waals surface area contributed by atoms with E-state index in [1.54, 1.807) is 12.4 Å². The molecule has 2 aromatic rings. The Labute approximate surface area is 136 Å². The molecule has 1 fully saturated rings. The highest BCUT2D eigenvalue weighted by Gasteiger charge is 2.25. The summed E-state index contributed by atoms with van der Waals surface area (Å²) in [7, 11) is 0. The van der Waals surface area contributed by atoms with Crippen molar-refractivity contribution >= 4 is 11.7 Å². The molecule has 23 heavy (non-hydrogen) atoms. The molecule has 0 aromatic carbocycles. The van der Waals surface area contributed by atoms with Gasteiger partial charge in [0.15, 0.2) is 0 Å². The Morgan fingerprint density at radius 1 is 1.26 bits per heavy atom. The molecule has 5 heteroatoms. The molecule has 1 aliphatic rings. The lowest BCUT2D eigenvalue weighted by molar-refractivity contribution is -0.125. The first-order chi connectivity index (χ1) is 11.2. The van der Waals surface area contributed by atoms with Crippen molar-refractivity contribution in [2.75, 3.05) is 18.0 Å². The second kappa shape index (κ2) is 7.22. The summed E-state index contributed by atoms with van der Waals surface area (Å²) in [6.45, 7) is 4.30. The predicted octanol–water partition coefficient (Wildman–Crippen LogP) is 2.32. The van der Waals surface area contributed by atoms with Gasteiger partial charge in [0.2, 0.25) is 5.91 Å². The molecule has 3 rings (SSSR count). The van der Waals surface area contributed by atoms with Crippen molar-refractivity contribution in [1.82, 2.24) is 15.3 Å². The summed E-state index contributed by atoms with van der Waals surface area (Å²) in [6.07, 6.45) is 5.26. The SMILES string of the molecule is Cc1cccc(N2CCC(C(=O)NCc3cccnc3)CC2)n1. The first-order valence-corrected chi connectivity index (χ1v) is 8.07. The molecule has 120 valence electrons. The summed E-state index contributed by atoms with van der Waals surface area (Å²) in [5.74, 6) is 1.25. The van der Waals surface area contributed by atoms with Gasteiger partial charge in [-0.25, -0.2) is 4.98 Å². The highest BCUT2D eigenvalue weighted by Crippen LogP contribution is 2.22. The maximum absolute atomic E-state index is 12.3. The quantitative estimate of drug-likeness (QED) is 0.941. The van der Waals surface area contributed by atoms with Crippen molar-refractivity contribution in [2.45, 2.75) is 26.3 Å². The Balaban J connectivity index is 1.49. The van der Waals surface area contributed by atoms with Gasteiger partial charge in [-0.05, 0) is 43.5 Å². The fourth-order valence-corrected chi connectivity index (χ4v) is 2.91. The lowest BCUT2D eigenvalue weighted by Crippen LogP contribution is -2.40. The minimum atomic E-state index is 0.0905. The maximum atomic E-state index is 12.3. The summed E-state index contributed by atoms with van der Waals surface area (Å²) in [4.78, 5) is 23.2. The fourth-order valence-electron chi connectivity index (χ4n) is 2.91. The highest BCUT2D eigenvalue weighted by atomic mass is 16.1. The van der Waals surface area contributed by atoms with Gasteiger partial charge in [-0.1, -0.05) is 12.1 Å². The molecule has 0 aliphatic carbocycles. The monoisotopic (exact) mass is 310 g/mol. The van der Waals surface area contributed by atoms with E-state index in [4.69, 9.17) is 0 Å². The Morgan fingerprint density at radius 2 is 2.09 bits per heavy atom. The fraction of sp³-hybridized carbons (Fsp3) is 0.389. The molecule has 5 nitrogen and oxygen atoms in total. The van der Waals surface area contributed by atoms with Crippen LogP contribution in [-0.4, -0.2) is 29.0 Å². The van der Waals surface area contributed by atoms with Gasteiger partial charge < -0.3 is 10.2 Å². The Kier molecular flexibility index (Phi) is 4.86. The van der Waals surface area contributed by atoms with Crippen molar-refractivity contribution in [3.63, 3.8) is 0 Å². The van der Waals surface area contributed by atoms with Gasteiger partial charge >= 0.3 is 0 Å². The molecule has 1 N–H and O–H groups in total. The summed E-state index contributed by atoms with van der Waals surface area (Å²) in [5, 5.41) is 3.02. The van der Waals surface area contributed by atoms with Crippen LogP contribution in [0.4, 0.5) is 5.82 Å². The van der Waals surface area contributed by atoms with Gasteiger partial charge in [0.25, 0.3) is 0 Å². The van der Waals surface area contributed by atoms with E-state index in [0.29, 0.717) is 6.54 Å². The molecular weight excluding hydrogens is 288 g/mol. The molecule has 3 heterocycles. The van der Waals surface area contributed by atoms with E-state index in [0.717, 1.165) is 43.0 Å². The second-order valence-corrected chi connectivity index (χ2v) is 5.98. The maximum Gasteiger partial charge on any atom is 0.223 e. The first kappa shape index (κ1) is 15.5. The van der Waals surface area contributed by atoms with Crippen LogP contribution in [0.2, 0.25) is 0 Å². The lowest BCUT2D eigenvalue weighted by Gasteiger charge is -2.32. The molecule has 1 saturated heterocycles. The number of hydrogen-bond acceptors (Lipinski definition) is 4. The van der Waals surface area contributed by atoms with Gasteiger partial charge in [0, 0.05) is 43.6 Å². The molecule has 1 amide bonds. The number of nitrogens with zero attached hydrogens (tertiary/aromatic N) is 3. The number of carbonyl (C=O) groups excluding carboxylic acids is 1. The zero-order chi connectivity index (χ0) is 16.1. The highest BCUT2D eigenvalue weighted by molar-refractivity contribution is 5.78. The number of aryl methyl sites for hydroxylation is 1. The van der Waals surface area contributed by atoms with Crippen molar-refractivity contribution in [1.29, 1.82) is 0 Å². The number of nitrogens with one attached hydrogen (secondary N) is 1. The van der Waals surface area contributed by atoms with E-state index < -0.39 is 0 Å². The number of carbonyl (C=O) groups is 1. The van der Waals surface area contributed by atoms with Gasteiger partial charge in [-0.15, -0.1) is 0 Å². The number of piperidine rings is 1. The third kappa shape index (κ3) is 4.06.